The van der Waals surface area contributed by atoms with Crippen LogP contribution in [0.1, 0.15) is 34.1 Å². The molecule has 0 bridgehead atoms. The Bertz CT molecular complexity index is 288. The number of amides is 1. The summed E-state index contributed by atoms with van der Waals surface area (Å²) in [7, 11) is -1.73. The number of hydrogen-bond donors (Lipinski definition) is 2. The minimum absolute atomic E-state index is 0.141. The van der Waals surface area contributed by atoms with Crippen LogP contribution in [0.25, 0.3) is 0 Å². The van der Waals surface area contributed by atoms with Crippen molar-refractivity contribution >= 4 is 14.4 Å². The van der Waals surface area contributed by atoms with Crippen LogP contribution >= 0.6 is 0 Å². The molecule has 0 radical (unpaired) electrons. The van der Waals surface area contributed by atoms with E-state index in [1.807, 2.05) is 6.92 Å². The minimum atomic E-state index is -1.73. The van der Waals surface area contributed by atoms with Crippen molar-refractivity contribution in [2.24, 2.45) is 5.73 Å². The maximum absolute atomic E-state index is 11.0. The Hall–Kier alpha value is -0.593. The van der Waals surface area contributed by atoms with E-state index in [4.69, 9.17) is 15.3 Å². The molecule has 0 aliphatic heterocycles. The van der Waals surface area contributed by atoms with Crippen molar-refractivity contribution in [2.75, 3.05) is 19.7 Å². The van der Waals surface area contributed by atoms with Crippen LogP contribution in [0, 0.1) is 0 Å². The lowest BCUT2D eigenvalue weighted by atomic mass is 10.2. The van der Waals surface area contributed by atoms with Gasteiger partial charge in [0.25, 0.3) is 0 Å². The average Bonchev–Trinajstić information content (AvgIpc) is 2.19. The summed E-state index contributed by atoms with van der Waals surface area (Å²) in [6.07, 6.45) is -0.199. The fraction of sp³-hybridized carbons (Fsp3) is 0.923. The molecule has 0 aliphatic rings. The van der Waals surface area contributed by atoms with Gasteiger partial charge >= 0.3 is 6.09 Å². The van der Waals surface area contributed by atoms with E-state index in [0.29, 0.717) is 26.1 Å². The molecule has 0 spiro atoms. The lowest BCUT2D eigenvalue weighted by Gasteiger charge is -2.36. The summed E-state index contributed by atoms with van der Waals surface area (Å²) < 4.78 is 6.02. The first-order valence-electron chi connectivity index (χ1n) is 6.85. The highest BCUT2D eigenvalue weighted by Gasteiger charge is 2.36. The van der Waals surface area contributed by atoms with E-state index in [9.17, 15) is 4.79 Å². The monoisotopic (exact) mass is 290 g/mol. The number of carboxylic acid groups (broad SMARTS) is 1. The Kier molecular flexibility index (Phi) is 7.03. The van der Waals surface area contributed by atoms with Gasteiger partial charge in [-0.05, 0) is 31.5 Å². The van der Waals surface area contributed by atoms with E-state index in [1.165, 1.54) is 4.90 Å². The van der Waals surface area contributed by atoms with Gasteiger partial charge in [-0.15, -0.1) is 0 Å². The first-order chi connectivity index (χ1) is 8.47. The number of nitrogens with two attached hydrogens (primary N) is 1. The highest BCUT2D eigenvalue weighted by atomic mass is 28.4. The van der Waals surface area contributed by atoms with Crippen molar-refractivity contribution in [1.82, 2.24) is 4.90 Å². The molecule has 0 heterocycles. The predicted molar refractivity (Wildman–Crippen MR) is 81.0 cm³/mol. The first-order valence-corrected chi connectivity index (χ1v) is 9.75. The molecule has 5 nitrogen and oxygen atoms in total. The maximum atomic E-state index is 11.0. The van der Waals surface area contributed by atoms with Gasteiger partial charge in [-0.1, -0.05) is 20.8 Å². The summed E-state index contributed by atoms with van der Waals surface area (Å²) >= 11 is 0. The van der Waals surface area contributed by atoms with Gasteiger partial charge in [-0.2, -0.15) is 0 Å². The van der Waals surface area contributed by atoms with Crippen LogP contribution in [0.3, 0.4) is 0 Å². The van der Waals surface area contributed by atoms with Gasteiger partial charge in [0.2, 0.25) is 0 Å². The lowest BCUT2D eigenvalue weighted by molar-refractivity contribution is 0.138. The molecule has 0 aromatic heterocycles. The van der Waals surface area contributed by atoms with E-state index in [0.717, 1.165) is 0 Å². The molecular formula is C13H30N2O3Si. The highest BCUT2D eigenvalue weighted by molar-refractivity contribution is 6.74. The molecule has 1 unspecified atom stereocenters. The van der Waals surface area contributed by atoms with Gasteiger partial charge < -0.3 is 20.2 Å². The van der Waals surface area contributed by atoms with Gasteiger partial charge in [0.15, 0.2) is 8.32 Å². The zero-order valence-electron chi connectivity index (χ0n) is 13.2. The zero-order chi connectivity index (χ0) is 15.3. The zero-order valence-corrected chi connectivity index (χ0v) is 14.2. The Morgan fingerprint density at radius 1 is 1.42 bits per heavy atom. The van der Waals surface area contributed by atoms with Crippen LogP contribution in [-0.2, 0) is 4.43 Å². The predicted octanol–water partition coefficient (Wildman–Crippen LogP) is 2.73. The first kappa shape index (κ1) is 18.4. The van der Waals surface area contributed by atoms with Crippen LogP contribution < -0.4 is 5.73 Å². The van der Waals surface area contributed by atoms with Crippen molar-refractivity contribution in [3.05, 3.63) is 0 Å². The van der Waals surface area contributed by atoms with Gasteiger partial charge in [0.05, 0.1) is 0 Å². The molecule has 0 rings (SSSR count). The third-order valence-electron chi connectivity index (χ3n) is 3.62. The Labute approximate surface area is 118 Å². The number of rotatable bonds is 7. The van der Waals surface area contributed by atoms with E-state index >= 15 is 0 Å². The molecule has 0 saturated carbocycles. The summed E-state index contributed by atoms with van der Waals surface area (Å²) in [4.78, 5) is 12.4. The molecule has 0 aromatic carbocycles. The minimum Gasteiger partial charge on any atom is -0.465 e. The summed E-state index contributed by atoms with van der Waals surface area (Å²) in [5.74, 6) is 0. The lowest BCUT2D eigenvalue weighted by Crippen LogP contribution is -2.42. The third kappa shape index (κ3) is 6.94. The van der Waals surface area contributed by atoms with Crippen LogP contribution in [0.15, 0.2) is 0 Å². The van der Waals surface area contributed by atoms with Gasteiger partial charge in [-0.25, -0.2) is 4.79 Å². The van der Waals surface area contributed by atoms with Crippen molar-refractivity contribution in [3.63, 3.8) is 0 Å². The SMILES string of the molecule is CC(N)CN(CCCO[Si](C)(C)C(C)(C)C)C(=O)O. The normalized spacial score (nSPS) is 14.3. The molecule has 1 amide bonds. The van der Waals surface area contributed by atoms with Crippen molar-refractivity contribution in [1.29, 1.82) is 0 Å². The smallest absolute Gasteiger partial charge is 0.407 e. The molecule has 19 heavy (non-hydrogen) atoms. The number of carbonyl (C=O) groups is 1. The summed E-state index contributed by atoms with van der Waals surface area (Å²) in [6.45, 7) is 14.2. The van der Waals surface area contributed by atoms with Crippen molar-refractivity contribution < 1.29 is 14.3 Å². The molecule has 114 valence electrons. The maximum Gasteiger partial charge on any atom is 0.407 e. The highest BCUT2D eigenvalue weighted by Crippen LogP contribution is 2.36. The van der Waals surface area contributed by atoms with E-state index in [1.54, 1.807) is 0 Å². The molecule has 0 saturated heterocycles. The quantitative estimate of drug-likeness (QED) is 0.558. The Morgan fingerprint density at radius 3 is 2.32 bits per heavy atom. The van der Waals surface area contributed by atoms with Crippen LogP contribution in [-0.4, -0.2) is 50.2 Å². The van der Waals surface area contributed by atoms with E-state index < -0.39 is 14.4 Å². The average molecular weight is 290 g/mol. The van der Waals surface area contributed by atoms with Crippen molar-refractivity contribution in [3.8, 4) is 0 Å². The van der Waals surface area contributed by atoms with Crippen molar-refractivity contribution in [2.45, 2.75) is 58.3 Å². The second kappa shape index (κ2) is 7.26. The van der Waals surface area contributed by atoms with E-state index in [-0.39, 0.29) is 11.1 Å². The van der Waals surface area contributed by atoms with Gasteiger partial charge in [0.1, 0.15) is 0 Å². The molecule has 0 aliphatic carbocycles. The van der Waals surface area contributed by atoms with Crippen LogP contribution in [0.2, 0.25) is 18.1 Å². The summed E-state index contributed by atoms with van der Waals surface area (Å²) in [5, 5.41) is 9.23. The van der Waals surface area contributed by atoms with E-state index in [2.05, 4.69) is 33.9 Å². The third-order valence-corrected chi connectivity index (χ3v) is 8.16. The largest absolute Gasteiger partial charge is 0.465 e. The Morgan fingerprint density at radius 2 is 1.95 bits per heavy atom. The molecule has 0 aromatic rings. The Balaban J connectivity index is 4.11. The second-order valence-electron chi connectivity index (χ2n) is 6.67. The molecular weight excluding hydrogens is 260 g/mol. The fourth-order valence-electron chi connectivity index (χ4n) is 1.41. The number of hydrogen-bond acceptors (Lipinski definition) is 3. The summed E-state index contributed by atoms with van der Waals surface area (Å²) in [5.41, 5.74) is 5.63. The van der Waals surface area contributed by atoms with Gasteiger partial charge in [0, 0.05) is 25.7 Å². The van der Waals surface area contributed by atoms with Crippen LogP contribution in [0.4, 0.5) is 4.79 Å². The van der Waals surface area contributed by atoms with Crippen LogP contribution in [0.5, 0.6) is 0 Å². The number of nitrogens with zero attached hydrogens (tertiary/aromatic N) is 1. The molecule has 3 N–H and O–H groups in total. The van der Waals surface area contributed by atoms with Gasteiger partial charge in [-0.3, -0.25) is 0 Å². The topological polar surface area (TPSA) is 75.8 Å². The molecule has 0 fully saturated rings. The second-order valence-corrected chi connectivity index (χ2v) is 11.5. The molecule has 6 heteroatoms. The fourth-order valence-corrected chi connectivity index (χ4v) is 2.50. The standard InChI is InChI=1S/C13H30N2O3Si/c1-11(14)10-15(12(16)17)8-7-9-18-19(5,6)13(2,3)4/h11H,7-10,14H2,1-6H3,(H,16,17). The summed E-state index contributed by atoms with van der Waals surface area (Å²) in [6, 6.07) is -0.141. The molecule has 1 atom stereocenters.